The number of rotatable bonds is 5. The van der Waals surface area contributed by atoms with Gasteiger partial charge in [0, 0.05) is 36.8 Å². The maximum Gasteiger partial charge on any atom is 0.259 e. The van der Waals surface area contributed by atoms with Crippen molar-refractivity contribution in [2.24, 2.45) is 0 Å². The van der Waals surface area contributed by atoms with E-state index in [-0.39, 0.29) is 11.5 Å². The minimum atomic E-state index is -0.0703. The maximum atomic E-state index is 13.4. The van der Waals surface area contributed by atoms with Gasteiger partial charge >= 0.3 is 0 Å². The standard InChI is InChI=1S/C26H30N6O2S/c1-16-19(4)35-25-22(16)24(33)27-21(28-25)15-30-10-12-31(13-11-30)26(34)23-17(2)29-32(18(23)3)14-20-8-6-5-7-9-20/h5-9H,10-15H2,1-4H3,(H,27,28,33). The molecule has 0 bridgehead atoms. The van der Waals surface area contributed by atoms with Crippen LogP contribution in [0.15, 0.2) is 35.1 Å². The van der Waals surface area contributed by atoms with Gasteiger partial charge in [-0.2, -0.15) is 5.10 Å². The molecule has 9 heteroatoms. The lowest BCUT2D eigenvalue weighted by molar-refractivity contribution is 0.0624. The van der Waals surface area contributed by atoms with E-state index in [4.69, 9.17) is 4.98 Å². The molecule has 1 aliphatic rings. The van der Waals surface area contributed by atoms with E-state index in [1.807, 2.05) is 55.5 Å². The molecule has 1 aromatic carbocycles. The van der Waals surface area contributed by atoms with Crippen LogP contribution < -0.4 is 5.56 Å². The number of amides is 1. The third-order valence-corrected chi connectivity index (χ3v) is 7.99. The maximum absolute atomic E-state index is 13.4. The highest BCUT2D eigenvalue weighted by molar-refractivity contribution is 7.18. The lowest BCUT2D eigenvalue weighted by Crippen LogP contribution is -2.48. The summed E-state index contributed by atoms with van der Waals surface area (Å²) in [4.78, 5) is 39.7. The van der Waals surface area contributed by atoms with Gasteiger partial charge in [0.2, 0.25) is 0 Å². The molecule has 1 fully saturated rings. The highest BCUT2D eigenvalue weighted by atomic mass is 32.1. The van der Waals surface area contributed by atoms with Gasteiger partial charge in [0.05, 0.1) is 29.7 Å². The molecule has 0 atom stereocenters. The Balaban J connectivity index is 1.25. The summed E-state index contributed by atoms with van der Waals surface area (Å²) in [6, 6.07) is 10.2. The summed E-state index contributed by atoms with van der Waals surface area (Å²) in [5.41, 5.74) is 4.46. The Kier molecular flexibility index (Phi) is 6.29. The summed E-state index contributed by atoms with van der Waals surface area (Å²) in [6.07, 6.45) is 0. The summed E-state index contributed by atoms with van der Waals surface area (Å²) in [5, 5.41) is 5.35. The highest BCUT2D eigenvalue weighted by Crippen LogP contribution is 2.26. The fourth-order valence-electron chi connectivity index (χ4n) is 4.77. The van der Waals surface area contributed by atoms with Crippen LogP contribution in [-0.4, -0.2) is 61.6 Å². The number of carbonyl (C=O) groups is 1. The molecule has 1 saturated heterocycles. The first-order chi connectivity index (χ1) is 16.8. The second kappa shape index (κ2) is 9.39. The minimum absolute atomic E-state index is 0.0384. The van der Waals surface area contributed by atoms with Crippen molar-refractivity contribution in [1.82, 2.24) is 29.5 Å². The van der Waals surface area contributed by atoms with Crippen molar-refractivity contribution in [1.29, 1.82) is 0 Å². The molecule has 4 heterocycles. The van der Waals surface area contributed by atoms with Crippen LogP contribution in [0.1, 0.15) is 43.6 Å². The van der Waals surface area contributed by atoms with Crippen molar-refractivity contribution in [2.45, 2.75) is 40.8 Å². The van der Waals surface area contributed by atoms with E-state index in [9.17, 15) is 9.59 Å². The van der Waals surface area contributed by atoms with Crippen molar-refractivity contribution >= 4 is 27.5 Å². The molecule has 0 aliphatic carbocycles. The predicted octanol–water partition coefficient (Wildman–Crippen LogP) is 3.42. The Morgan fingerprint density at radius 2 is 1.74 bits per heavy atom. The number of aryl methyl sites for hydroxylation is 3. The van der Waals surface area contributed by atoms with E-state index in [0.717, 1.165) is 45.3 Å². The molecule has 1 N–H and O–H groups in total. The lowest BCUT2D eigenvalue weighted by Gasteiger charge is -2.34. The van der Waals surface area contributed by atoms with Crippen molar-refractivity contribution in [3.05, 3.63) is 79.5 Å². The predicted molar refractivity (Wildman–Crippen MR) is 138 cm³/mol. The fourth-order valence-corrected chi connectivity index (χ4v) is 5.82. The molecule has 0 radical (unpaired) electrons. The zero-order valence-corrected chi connectivity index (χ0v) is 21.4. The summed E-state index contributed by atoms with van der Waals surface area (Å²) < 4.78 is 1.92. The van der Waals surface area contributed by atoms with Crippen molar-refractivity contribution in [3.63, 3.8) is 0 Å². The summed E-state index contributed by atoms with van der Waals surface area (Å²) in [5.74, 6) is 0.717. The van der Waals surface area contributed by atoms with Gasteiger partial charge in [-0.3, -0.25) is 19.2 Å². The van der Waals surface area contributed by atoms with Crippen LogP contribution in [0, 0.1) is 27.7 Å². The first-order valence-electron chi connectivity index (χ1n) is 11.9. The van der Waals surface area contributed by atoms with Crippen LogP contribution in [0.25, 0.3) is 10.2 Å². The second-order valence-electron chi connectivity index (χ2n) is 9.23. The number of nitrogens with one attached hydrogen (secondary N) is 1. The Labute approximate surface area is 208 Å². The largest absolute Gasteiger partial charge is 0.336 e. The van der Waals surface area contributed by atoms with E-state index in [1.54, 1.807) is 11.3 Å². The smallest absolute Gasteiger partial charge is 0.259 e. The Bertz CT molecular complexity index is 1440. The van der Waals surface area contributed by atoms with Crippen LogP contribution in [0.2, 0.25) is 0 Å². The Morgan fingerprint density at radius 1 is 1.03 bits per heavy atom. The van der Waals surface area contributed by atoms with Gasteiger partial charge in [-0.1, -0.05) is 30.3 Å². The molecule has 1 aliphatic heterocycles. The second-order valence-corrected chi connectivity index (χ2v) is 10.4. The number of hydrogen-bond donors (Lipinski definition) is 1. The van der Waals surface area contributed by atoms with Crippen molar-refractivity contribution in [2.75, 3.05) is 26.2 Å². The molecular weight excluding hydrogens is 460 g/mol. The molecule has 35 heavy (non-hydrogen) atoms. The van der Waals surface area contributed by atoms with E-state index >= 15 is 0 Å². The third kappa shape index (κ3) is 4.53. The number of aromatic nitrogens is 4. The van der Waals surface area contributed by atoms with Crippen molar-refractivity contribution in [3.8, 4) is 0 Å². The highest BCUT2D eigenvalue weighted by Gasteiger charge is 2.27. The van der Waals surface area contributed by atoms with Gasteiger partial charge in [-0.25, -0.2) is 4.98 Å². The number of hydrogen-bond acceptors (Lipinski definition) is 6. The first-order valence-corrected chi connectivity index (χ1v) is 12.7. The Hall–Kier alpha value is -3.30. The van der Waals surface area contributed by atoms with Crippen LogP contribution in [0.5, 0.6) is 0 Å². The quantitative estimate of drug-likeness (QED) is 0.463. The van der Waals surface area contributed by atoms with Gasteiger partial charge in [0.1, 0.15) is 10.7 Å². The number of benzene rings is 1. The number of carbonyl (C=O) groups excluding carboxylic acids is 1. The zero-order valence-electron chi connectivity index (χ0n) is 20.6. The van der Waals surface area contributed by atoms with E-state index in [2.05, 4.69) is 27.1 Å². The van der Waals surface area contributed by atoms with Crippen LogP contribution in [0.3, 0.4) is 0 Å². The summed E-state index contributed by atoms with van der Waals surface area (Å²) in [6.45, 7) is 11.8. The molecule has 4 aromatic rings. The number of nitrogens with zero attached hydrogens (tertiary/aromatic N) is 5. The third-order valence-electron chi connectivity index (χ3n) is 6.89. The molecule has 182 valence electrons. The molecular formula is C26H30N6O2S. The average Bonchev–Trinajstić information content (AvgIpc) is 3.28. The molecule has 8 nitrogen and oxygen atoms in total. The number of piperazine rings is 1. The van der Waals surface area contributed by atoms with E-state index in [1.165, 1.54) is 0 Å². The van der Waals surface area contributed by atoms with E-state index in [0.29, 0.717) is 43.0 Å². The van der Waals surface area contributed by atoms with Gasteiger partial charge in [0.15, 0.2) is 0 Å². The van der Waals surface area contributed by atoms with Crippen LogP contribution in [-0.2, 0) is 13.1 Å². The number of aromatic amines is 1. The topological polar surface area (TPSA) is 87.1 Å². The van der Waals surface area contributed by atoms with Crippen LogP contribution in [0.4, 0.5) is 0 Å². The zero-order chi connectivity index (χ0) is 24.7. The lowest BCUT2D eigenvalue weighted by atomic mass is 10.1. The van der Waals surface area contributed by atoms with Crippen LogP contribution >= 0.6 is 11.3 Å². The molecule has 0 saturated carbocycles. The molecule has 0 spiro atoms. The average molecular weight is 491 g/mol. The van der Waals surface area contributed by atoms with Gasteiger partial charge in [-0.05, 0) is 38.8 Å². The van der Waals surface area contributed by atoms with Gasteiger partial charge in [0.25, 0.3) is 11.5 Å². The van der Waals surface area contributed by atoms with Gasteiger partial charge < -0.3 is 9.88 Å². The normalized spacial score (nSPS) is 14.7. The first kappa shape index (κ1) is 23.4. The minimum Gasteiger partial charge on any atom is -0.336 e. The van der Waals surface area contributed by atoms with Gasteiger partial charge in [-0.15, -0.1) is 11.3 Å². The molecule has 0 unspecified atom stereocenters. The SMILES string of the molecule is Cc1nn(Cc2ccccc2)c(C)c1C(=O)N1CCN(Cc2nc3sc(C)c(C)c3c(=O)[nH]2)CC1. The fraction of sp³-hybridized carbons (Fsp3) is 0.385. The summed E-state index contributed by atoms with van der Waals surface area (Å²) in [7, 11) is 0. The number of thiophene rings is 1. The monoisotopic (exact) mass is 490 g/mol. The number of H-pyrrole nitrogens is 1. The summed E-state index contributed by atoms with van der Waals surface area (Å²) >= 11 is 1.57. The number of fused-ring (bicyclic) bond motifs is 1. The molecule has 3 aromatic heterocycles. The Morgan fingerprint density at radius 3 is 2.46 bits per heavy atom. The van der Waals surface area contributed by atoms with E-state index < -0.39 is 0 Å². The van der Waals surface area contributed by atoms with Crippen molar-refractivity contribution < 1.29 is 4.79 Å². The molecule has 5 rings (SSSR count). The molecule has 1 amide bonds.